The fourth-order valence-corrected chi connectivity index (χ4v) is 3.04. The number of aryl methyl sites for hydroxylation is 2. The lowest BCUT2D eigenvalue weighted by molar-refractivity contribution is 0.477. The van der Waals surface area contributed by atoms with Crippen LogP contribution >= 0.6 is 11.3 Å². The molecule has 1 heterocycles. The molecule has 0 spiro atoms. The zero-order valence-corrected chi connectivity index (χ0v) is 12.2. The quantitative estimate of drug-likeness (QED) is 0.732. The van der Waals surface area contributed by atoms with Crippen LogP contribution in [0.5, 0.6) is 5.75 Å². The molecular weight excluding hydrogens is 266 g/mol. The molecule has 0 bridgehead atoms. The first-order valence-corrected chi connectivity index (χ1v) is 7.34. The van der Waals surface area contributed by atoms with Crippen LogP contribution in [0.3, 0.4) is 0 Å². The number of phenols is 1. The molecule has 0 aliphatic heterocycles. The number of thiazole rings is 1. The Balaban J connectivity index is 2.07. The highest BCUT2D eigenvalue weighted by atomic mass is 32.1. The number of rotatable bonds is 2. The summed E-state index contributed by atoms with van der Waals surface area (Å²) in [6.07, 6.45) is 0. The number of aromatic hydroxyl groups is 1. The van der Waals surface area contributed by atoms with Gasteiger partial charge in [0.1, 0.15) is 10.8 Å². The van der Waals surface area contributed by atoms with E-state index in [1.54, 1.807) is 17.4 Å². The lowest BCUT2D eigenvalue weighted by Gasteiger charge is -2.04. The van der Waals surface area contributed by atoms with E-state index in [-0.39, 0.29) is 5.75 Å². The van der Waals surface area contributed by atoms with Crippen LogP contribution in [0.2, 0.25) is 0 Å². The first-order valence-electron chi connectivity index (χ1n) is 6.46. The maximum atomic E-state index is 9.91. The van der Waals surface area contributed by atoms with Crippen molar-refractivity contribution in [3.63, 3.8) is 0 Å². The predicted molar refractivity (Wildman–Crippen MR) is 84.1 cm³/mol. The molecule has 0 amide bonds. The topological polar surface area (TPSA) is 33.1 Å². The van der Waals surface area contributed by atoms with Crippen molar-refractivity contribution in [1.82, 2.24) is 4.98 Å². The summed E-state index contributed by atoms with van der Waals surface area (Å²) in [4.78, 5) is 4.67. The van der Waals surface area contributed by atoms with Crippen LogP contribution in [0.4, 0.5) is 0 Å². The SMILES string of the molecule is Cc1ccc(C)c(-c2csc(-c3ccccc3O)n2)c1. The molecule has 1 aromatic heterocycles. The molecule has 2 aromatic carbocycles. The van der Waals surface area contributed by atoms with E-state index < -0.39 is 0 Å². The monoisotopic (exact) mass is 281 g/mol. The second-order valence-electron chi connectivity index (χ2n) is 4.87. The summed E-state index contributed by atoms with van der Waals surface area (Å²) in [5.41, 5.74) is 5.35. The van der Waals surface area contributed by atoms with Crippen molar-refractivity contribution in [2.45, 2.75) is 13.8 Å². The van der Waals surface area contributed by atoms with Gasteiger partial charge in [0.25, 0.3) is 0 Å². The maximum absolute atomic E-state index is 9.91. The average molecular weight is 281 g/mol. The molecule has 0 atom stereocenters. The van der Waals surface area contributed by atoms with Crippen molar-refractivity contribution in [3.05, 3.63) is 59.0 Å². The molecule has 20 heavy (non-hydrogen) atoms. The van der Waals surface area contributed by atoms with Gasteiger partial charge in [0, 0.05) is 10.9 Å². The van der Waals surface area contributed by atoms with Gasteiger partial charge in [0.2, 0.25) is 0 Å². The van der Waals surface area contributed by atoms with Gasteiger partial charge in [-0.25, -0.2) is 4.98 Å². The van der Waals surface area contributed by atoms with Crippen LogP contribution < -0.4 is 0 Å². The van der Waals surface area contributed by atoms with Crippen LogP contribution in [0, 0.1) is 13.8 Å². The second-order valence-corrected chi connectivity index (χ2v) is 5.73. The largest absolute Gasteiger partial charge is 0.507 e. The predicted octanol–water partition coefficient (Wildman–Crippen LogP) is 4.80. The molecule has 0 saturated heterocycles. The summed E-state index contributed by atoms with van der Waals surface area (Å²) >= 11 is 1.56. The molecular formula is C17H15NOS. The summed E-state index contributed by atoms with van der Waals surface area (Å²) in [5.74, 6) is 0.273. The highest BCUT2D eigenvalue weighted by molar-refractivity contribution is 7.13. The third-order valence-electron chi connectivity index (χ3n) is 3.31. The van der Waals surface area contributed by atoms with Gasteiger partial charge in [-0.15, -0.1) is 11.3 Å². The van der Waals surface area contributed by atoms with Gasteiger partial charge < -0.3 is 5.11 Å². The number of hydrogen-bond donors (Lipinski definition) is 1. The molecule has 3 heteroatoms. The Bertz CT molecular complexity index is 761. The molecule has 100 valence electrons. The number of hydrogen-bond acceptors (Lipinski definition) is 3. The van der Waals surface area contributed by atoms with E-state index >= 15 is 0 Å². The number of nitrogens with zero attached hydrogens (tertiary/aromatic N) is 1. The van der Waals surface area contributed by atoms with Crippen LogP contribution in [-0.2, 0) is 0 Å². The first kappa shape index (κ1) is 12.9. The van der Waals surface area contributed by atoms with Gasteiger partial charge in [-0.2, -0.15) is 0 Å². The summed E-state index contributed by atoms with van der Waals surface area (Å²) < 4.78 is 0. The van der Waals surface area contributed by atoms with E-state index in [4.69, 9.17) is 0 Å². The Labute approximate surface area is 122 Å². The summed E-state index contributed by atoms with van der Waals surface area (Å²) in [5, 5.41) is 12.8. The van der Waals surface area contributed by atoms with Crippen molar-refractivity contribution in [2.24, 2.45) is 0 Å². The van der Waals surface area contributed by atoms with Crippen LogP contribution in [-0.4, -0.2) is 10.1 Å². The summed E-state index contributed by atoms with van der Waals surface area (Å²) in [6, 6.07) is 13.7. The van der Waals surface area contributed by atoms with Gasteiger partial charge in [-0.1, -0.05) is 29.8 Å². The Morgan fingerprint density at radius 3 is 2.60 bits per heavy atom. The number of aromatic nitrogens is 1. The molecule has 3 rings (SSSR count). The average Bonchev–Trinajstić information content (AvgIpc) is 2.91. The third-order valence-corrected chi connectivity index (χ3v) is 4.18. The molecule has 0 fully saturated rings. The maximum Gasteiger partial charge on any atom is 0.127 e. The zero-order valence-electron chi connectivity index (χ0n) is 11.4. The summed E-state index contributed by atoms with van der Waals surface area (Å²) in [6.45, 7) is 4.17. The van der Waals surface area contributed by atoms with Crippen molar-refractivity contribution < 1.29 is 5.11 Å². The van der Waals surface area contributed by atoms with Crippen molar-refractivity contribution in [3.8, 4) is 27.6 Å². The fraction of sp³-hybridized carbons (Fsp3) is 0.118. The molecule has 3 aromatic rings. The van der Waals surface area contributed by atoms with E-state index in [1.807, 2.05) is 23.6 Å². The second kappa shape index (κ2) is 5.10. The van der Waals surface area contributed by atoms with E-state index in [0.717, 1.165) is 21.8 Å². The molecule has 0 saturated carbocycles. The van der Waals surface area contributed by atoms with E-state index in [1.165, 1.54) is 11.1 Å². The van der Waals surface area contributed by atoms with Crippen LogP contribution in [0.25, 0.3) is 21.8 Å². The molecule has 0 radical (unpaired) electrons. The molecule has 1 N–H and O–H groups in total. The first-order chi connectivity index (χ1) is 9.65. The lowest BCUT2D eigenvalue weighted by Crippen LogP contribution is -1.85. The van der Waals surface area contributed by atoms with Crippen molar-refractivity contribution >= 4 is 11.3 Å². The highest BCUT2D eigenvalue weighted by Crippen LogP contribution is 2.34. The van der Waals surface area contributed by atoms with Gasteiger partial charge >= 0.3 is 0 Å². The molecule has 0 aliphatic carbocycles. The van der Waals surface area contributed by atoms with Gasteiger partial charge in [0.15, 0.2) is 0 Å². The minimum absolute atomic E-state index is 0.273. The minimum atomic E-state index is 0.273. The van der Waals surface area contributed by atoms with Crippen LogP contribution in [0.1, 0.15) is 11.1 Å². The molecule has 0 aliphatic rings. The molecule has 0 unspecified atom stereocenters. The highest BCUT2D eigenvalue weighted by Gasteiger charge is 2.11. The fourth-order valence-electron chi connectivity index (χ4n) is 2.19. The Hall–Kier alpha value is -2.13. The van der Waals surface area contributed by atoms with Gasteiger partial charge in [-0.3, -0.25) is 0 Å². The van der Waals surface area contributed by atoms with E-state index in [0.29, 0.717) is 0 Å². The van der Waals surface area contributed by atoms with Crippen LogP contribution in [0.15, 0.2) is 47.8 Å². The van der Waals surface area contributed by atoms with Crippen molar-refractivity contribution in [1.29, 1.82) is 0 Å². The number of phenolic OH excluding ortho intramolecular Hbond substituents is 1. The number of benzene rings is 2. The van der Waals surface area contributed by atoms with Gasteiger partial charge in [0.05, 0.1) is 11.3 Å². The van der Waals surface area contributed by atoms with Crippen molar-refractivity contribution in [2.75, 3.05) is 0 Å². The smallest absolute Gasteiger partial charge is 0.127 e. The van der Waals surface area contributed by atoms with E-state index in [2.05, 4.69) is 37.0 Å². The Morgan fingerprint density at radius 2 is 1.80 bits per heavy atom. The normalized spacial score (nSPS) is 10.7. The minimum Gasteiger partial charge on any atom is -0.507 e. The molecule has 2 nitrogen and oxygen atoms in total. The lowest BCUT2D eigenvalue weighted by atomic mass is 10.0. The van der Waals surface area contributed by atoms with E-state index in [9.17, 15) is 5.11 Å². The number of para-hydroxylation sites is 1. The summed E-state index contributed by atoms with van der Waals surface area (Å²) in [7, 11) is 0. The Morgan fingerprint density at radius 1 is 1.00 bits per heavy atom. The standard InChI is InChI=1S/C17H15NOS/c1-11-7-8-12(2)14(9-11)15-10-20-17(18-15)13-5-3-4-6-16(13)19/h3-10,19H,1-2H3. The zero-order chi connectivity index (χ0) is 14.1. The van der Waals surface area contributed by atoms with Gasteiger partial charge in [-0.05, 0) is 37.6 Å². The Kier molecular flexibility index (Phi) is 3.28. The third kappa shape index (κ3) is 2.32.